The summed E-state index contributed by atoms with van der Waals surface area (Å²) in [6.07, 6.45) is 7.61. The Hall–Kier alpha value is -2.76. The molecule has 2 saturated carbocycles. The number of ether oxygens (including phenoxy) is 2. The van der Waals surface area contributed by atoms with E-state index in [9.17, 15) is 0 Å². The second-order valence-corrected chi connectivity index (χ2v) is 10.7. The minimum absolute atomic E-state index is 0.0669. The Morgan fingerprint density at radius 3 is 2.85 bits per heavy atom. The fraction of sp³-hybridized carbons (Fsp3) is 0.429. The van der Waals surface area contributed by atoms with Crippen molar-refractivity contribution in [1.82, 2.24) is 14.5 Å². The highest BCUT2D eigenvalue weighted by Gasteiger charge is 2.75. The topological polar surface area (TPSA) is 49.2 Å². The van der Waals surface area contributed by atoms with Crippen LogP contribution in [-0.2, 0) is 15.9 Å². The van der Waals surface area contributed by atoms with Gasteiger partial charge in [-0.15, -0.1) is 0 Å². The van der Waals surface area contributed by atoms with Crippen molar-refractivity contribution >= 4 is 21.9 Å². The van der Waals surface area contributed by atoms with E-state index in [-0.39, 0.29) is 23.7 Å². The first kappa shape index (κ1) is 19.7. The lowest BCUT2D eigenvalue weighted by molar-refractivity contribution is -0.161. The fourth-order valence-corrected chi connectivity index (χ4v) is 6.66. The van der Waals surface area contributed by atoms with Gasteiger partial charge in [-0.25, -0.2) is 4.98 Å². The number of aromatic nitrogens is 3. The molecule has 1 aliphatic heterocycles. The van der Waals surface area contributed by atoms with Gasteiger partial charge in [0.05, 0.1) is 17.7 Å². The third-order valence-corrected chi connectivity index (χ3v) is 8.20. The molecule has 0 radical (unpaired) electrons. The maximum absolute atomic E-state index is 6.58. The number of benzene rings is 1. The van der Waals surface area contributed by atoms with Crippen LogP contribution in [0.15, 0.2) is 60.9 Å². The minimum Gasteiger partial charge on any atom is -0.344 e. The highest BCUT2D eigenvalue weighted by Crippen LogP contribution is 2.73. The van der Waals surface area contributed by atoms with Gasteiger partial charge < -0.3 is 14.0 Å². The molecule has 3 aromatic heterocycles. The average molecular weight is 440 g/mol. The first-order valence-electron chi connectivity index (χ1n) is 12.1. The van der Waals surface area contributed by atoms with E-state index in [0.717, 1.165) is 29.7 Å². The largest absolute Gasteiger partial charge is 0.344 e. The Labute approximate surface area is 193 Å². The summed E-state index contributed by atoms with van der Waals surface area (Å²) in [6, 6.07) is 17.5. The van der Waals surface area contributed by atoms with Gasteiger partial charge in [-0.05, 0) is 81.8 Å². The van der Waals surface area contributed by atoms with Gasteiger partial charge in [-0.3, -0.25) is 4.98 Å². The molecule has 4 aromatic rings. The molecule has 1 aromatic carbocycles. The smallest absolute Gasteiger partial charge is 0.163 e. The number of hydrogen-bond donors (Lipinski definition) is 0. The summed E-state index contributed by atoms with van der Waals surface area (Å²) < 4.78 is 15.5. The molecule has 0 spiro atoms. The van der Waals surface area contributed by atoms with Gasteiger partial charge in [0.25, 0.3) is 0 Å². The number of rotatable bonds is 4. The van der Waals surface area contributed by atoms with Crippen LogP contribution in [0.5, 0.6) is 0 Å². The Morgan fingerprint density at radius 1 is 1.06 bits per heavy atom. The third-order valence-electron chi connectivity index (χ3n) is 8.20. The molecular weight excluding hydrogens is 410 g/mol. The maximum atomic E-state index is 6.58. The zero-order valence-electron chi connectivity index (χ0n) is 19.4. The molecule has 1 saturated heterocycles. The van der Waals surface area contributed by atoms with Crippen LogP contribution in [0.1, 0.15) is 44.0 Å². The quantitative estimate of drug-likeness (QED) is 0.415. The molecule has 5 heteroatoms. The predicted molar refractivity (Wildman–Crippen MR) is 128 cm³/mol. The molecule has 2 aliphatic carbocycles. The van der Waals surface area contributed by atoms with Crippen LogP contribution in [0.2, 0.25) is 0 Å². The zero-order valence-corrected chi connectivity index (χ0v) is 19.4. The molecule has 0 bridgehead atoms. The van der Waals surface area contributed by atoms with E-state index < -0.39 is 5.79 Å². The molecule has 0 unspecified atom stereocenters. The Kier molecular flexibility index (Phi) is 3.96. The molecule has 0 amide bonds. The van der Waals surface area contributed by atoms with Crippen molar-refractivity contribution in [2.75, 3.05) is 0 Å². The summed E-state index contributed by atoms with van der Waals surface area (Å²) in [7, 11) is 0. The molecule has 0 N–H and O–H groups in total. The lowest BCUT2D eigenvalue weighted by Crippen LogP contribution is -2.32. The van der Waals surface area contributed by atoms with Gasteiger partial charge in [0, 0.05) is 34.3 Å². The summed E-state index contributed by atoms with van der Waals surface area (Å²) in [5.74, 6) is 0.0107. The van der Waals surface area contributed by atoms with Gasteiger partial charge in [-0.2, -0.15) is 0 Å². The van der Waals surface area contributed by atoms with Crippen molar-refractivity contribution < 1.29 is 9.47 Å². The lowest BCUT2D eigenvalue weighted by Gasteiger charge is -2.24. The van der Waals surface area contributed by atoms with Crippen molar-refractivity contribution in [3.8, 4) is 0 Å². The molecule has 33 heavy (non-hydrogen) atoms. The van der Waals surface area contributed by atoms with Crippen LogP contribution in [0.3, 0.4) is 0 Å². The van der Waals surface area contributed by atoms with Crippen molar-refractivity contribution in [3.05, 3.63) is 72.2 Å². The minimum atomic E-state index is -0.547. The van der Waals surface area contributed by atoms with E-state index in [2.05, 4.69) is 74.0 Å². The van der Waals surface area contributed by atoms with Crippen LogP contribution in [0, 0.1) is 18.3 Å². The van der Waals surface area contributed by atoms with E-state index in [1.165, 1.54) is 22.8 Å². The van der Waals surface area contributed by atoms with Crippen LogP contribution >= 0.6 is 0 Å². The van der Waals surface area contributed by atoms with Crippen LogP contribution < -0.4 is 0 Å². The summed E-state index contributed by atoms with van der Waals surface area (Å²) in [5, 5.41) is 2.39. The third kappa shape index (κ3) is 2.92. The van der Waals surface area contributed by atoms with E-state index in [4.69, 9.17) is 19.4 Å². The Balaban J connectivity index is 1.21. The van der Waals surface area contributed by atoms with Crippen LogP contribution in [-0.4, -0.2) is 32.5 Å². The molecular formula is C28H29N3O2. The van der Waals surface area contributed by atoms with Crippen molar-refractivity contribution in [1.29, 1.82) is 0 Å². The second-order valence-electron chi connectivity index (χ2n) is 10.7. The molecule has 3 fully saturated rings. The predicted octanol–water partition coefficient (Wildman–Crippen LogP) is 5.61. The molecule has 5 atom stereocenters. The number of pyridine rings is 2. The Bertz CT molecular complexity index is 1390. The standard InChI is InChI=1S/C28H29N3O2/c1-17-6-8-19-9-7-18(15-22(19)30-17)10-12-28-16-21(28)23(24-25(28)33-27(2,3)32-24)31-14-11-20-5-4-13-29-26(20)31/h4-9,11,13-15,21,23-25H,10,12,16H2,1-3H3/t21-,23-,24+,25+,28+/m1/s1. The Morgan fingerprint density at radius 2 is 1.94 bits per heavy atom. The van der Waals surface area contributed by atoms with Gasteiger partial charge in [-0.1, -0.05) is 18.2 Å². The molecule has 4 heterocycles. The highest BCUT2D eigenvalue weighted by atomic mass is 16.8. The molecule has 7 rings (SSSR count). The normalized spacial score (nSPS) is 31.7. The summed E-state index contributed by atoms with van der Waals surface area (Å²) in [6.45, 7) is 6.16. The van der Waals surface area contributed by atoms with Crippen molar-refractivity contribution in [2.45, 2.75) is 64.1 Å². The second kappa shape index (κ2) is 6.64. The fourth-order valence-electron chi connectivity index (χ4n) is 6.66. The van der Waals surface area contributed by atoms with Crippen molar-refractivity contribution in [3.63, 3.8) is 0 Å². The van der Waals surface area contributed by atoms with Crippen LogP contribution in [0.4, 0.5) is 0 Å². The van der Waals surface area contributed by atoms with Gasteiger partial charge in [0.15, 0.2) is 5.79 Å². The van der Waals surface area contributed by atoms with E-state index in [1.54, 1.807) is 0 Å². The van der Waals surface area contributed by atoms with Gasteiger partial charge >= 0.3 is 0 Å². The number of hydrogen-bond acceptors (Lipinski definition) is 4. The van der Waals surface area contributed by atoms with Crippen LogP contribution in [0.25, 0.3) is 21.9 Å². The first-order chi connectivity index (χ1) is 15.9. The maximum Gasteiger partial charge on any atom is 0.163 e. The highest BCUT2D eigenvalue weighted by molar-refractivity contribution is 5.79. The first-order valence-corrected chi connectivity index (χ1v) is 12.1. The van der Waals surface area contributed by atoms with E-state index in [1.807, 2.05) is 12.3 Å². The van der Waals surface area contributed by atoms with Gasteiger partial charge in [0.2, 0.25) is 0 Å². The average Bonchev–Trinajstić information content (AvgIpc) is 3.06. The monoisotopic (exact) mass is 439 g/mol. The lowest BCUT2D eigenvalue weighted by atomic mass is 9.91. The summed E-state index contributed by atoms with van der Waals surface area (Å²) in [4.78, 5) is 9.44. The molecule has 5 nitrogen and oxygen atoms in total. The number of nitrogens with zero attached hydrogens (tertiary/aromatic N) is 3. The number of fused-ring (bicyclic) bond motifs is 5. The SMILES string of the molecule is Cc1ccc2ccc(CC[C@]34C[C@@H]3[C@@H](n3ccc5cccnc53)[C@@H]3OC(C)(C)O[C@@H]34)cc2n1. The van der Waals surface area contributed by atoms with E-state index in [0.29, 0.717) is 5.92 Å². The number of aryl methyl sites for hydroxylation is 2. The molecule has 3 aliphatic rings. The van der Waals surface area contributed by atoms with Gasteiger partial charge in [0.1, 0.15) is 11.8 Å². The van der Waals surface area contributed by atoms with E-state index >= 15 is 0 Å². The van der Waals surface area contributed by atoms with Crippen molar-refractivity contribution in [2.24, 2.45) is 11.3 Å². The molecule has 168 valence electrons. The zero-order chi connectivity index (χ0) is 22.4. The summed E-state index contributed by atoms with van der Waals surface area (Å²) >= 11 is 0. The summed E-state index contributed by atoms with van der Waals surface area (Å²) in [5.41, 5.74) is 4.73.